The van der Waals surface area contributed by atoms with Crippen LogP contribution in [0.2, 0.25) is 0 Å². The van der Waals surface area contributed by atoms with Gasteiger partial charge in [0.15, 0.2) is 6.10 Å². The van der Waals surface area contributed by atoms with Crippen LogP contribution in [-0.2, 0) is 17.6 Å². The first-order valence-corrected chi connectivity index (χ1v) is 7.22. The zero-order valence-corrected chi connectivity index (χ0v) is 11.9. The lowest BCUT2D eigenvalue weighted by Gasteiger charge is -2.20. The van der Waals surface area contributed by atoms with Gasteiger partial charge in [0, 0.05) is 11.1 Å². The van der Waals surface area contributed by atoms with Crippen LogP contribution in [0.1, 0.15) is 41.4 Å². The molecule has 0 N–H and O–H groups in total. The Morgan fingerprint density at radius 1 is 1.33 bits per heavy atom. The summed E-state index contributed by atoms with van der Waals surface area (Å²) in [7, 11) is 0. The molecule has 0 amide bonds. The fourth-order valence-electron chi connectivity index (χ4n) is 2.85. The van der Waals surface area contributed by atoms with Gasteiger partial charge in [-0.1, -0.05) is 18.2 Å². The number of esters is 1. The van der Waals surface area contributed by atoms with Gasteiger partial charge in [-0.05, 0) is 44.2 Å². The normalized spacial score (nSPS) is 15.0. The third-order valence-corrected chi connectivity index (χ3v) is 3.84. The molecule has 2 aromatic rings. The zero-order chi connectivity index (χ0) is 14.8. The number of carbonyl (C=O) groups excluding carboxylic acids is 1. The Labute approximate surface area is 123 Å². The van der Waals surface area contributed by atoms with Crippen molar-refractivity contribution in [2.24, 2.45) is 0 Å². The maximum absolute atomic E-state index is 12.5. The molecule has 1 atom stereocenters. The number of carbonyl (C=O) groups is 1. The molecule has 1 aliphatic rings. The lowest BCUT2D eigenvalue weighted by Crippen LogP contribution is -2.18. The molecule has 0 radical (unpaired) electrons. The van der Waals surface area contributed by atoms with Crippen LogP contribution in [0.5, 0.6) is 0 Å². The molecule has 4 nitrogen and oxygen atoms in total. The van der Waals surface area contributed by atoms with E-state index in [0.717, 1.165) is 47.8 Å². The first-order chi connectivity index (χ1) is 10.2. The molecular weight excluding hydrogens is 264 g/mol. The molecule has 21 heavy (non-hydrogen) atoms. The van der Waals surface area contributed by atoms with Crippen molar-refractivity contribution in [1.29, 1.82) is 5.26 Å². The number of rotatable bonds is 2. The highest BCUT2D eigenvalue weighted by Gasteiger charge is 2.24. The third kappa shape index (κ3) is 2.47. The number of aryl methyl sites for hydroxylation is 1. The molecule has 4 heteroatoms. The van der Waals surface area contributed by atoms with E-state index in [1.165, 1.54) is 0 Å². The SMILES string of the molecule is C[C@@H](C#N)OC(=O)c1c2c(nc3ccccc13)CCCC2. The van der Waals surface area contributed by atoms with Crippen LogP contribution in [-0.4, -0.2) is 17.1 Å². The molecule has 0 unspecified atom stereocenters. The van der Waals surface area contributed by atoms with Crippen LogP contribution >= 0.6 is 0 Å². The number of para-hydroxylation sites is 1. The maximum atomic E-state index is 12.5. The van der Waals surface area contributed by atoms with Crippen LogP contribution in [0, 0.1) is 11.3 Å². The molecule has 1 aromatic carbocycles. The first-order valence-electron chi connectivity index (χ1n) is 7.22. The van der Waals surface area contributed by atoms with Crippen molar-refractivity contribution in [3.63, 3.8) is 0 Å². The third-order valence-electron chi connectivity index (χ3n) is 3.84. The van der Waals surface area contributed by atoms with Crippen LogP contribution < -0.4 is 0 Å². The van der Waals surface area contributed by atoms with E-state index >= 15 is 0 Å². The highest BCUT2D eigenvalue weighted by molar-refractivity contribution is 6.05. The van der Waals surface area contributed by atoms with Crippen molar-refractivity contribution < 1.29 is 9.53 Å². The van der Waals surface area contributed by atoms with Gasteiger partial charge in [0.25, 0.3) is 0 Å². The topological polar surface area (TPSA) is 63.0 Å². The van der Waals surface area contributed by atoms with Gasteiger partial charge >= 0.3 is 5.97 Å². The van der Waals surface area contributed by atoms with Gasteiger partial charge in [0.1, 0.15) is 6.07 Å². The number of pyridine rings is 1. The van der Waals surface area contributed by atoms with Gasteiger partial charge in [-0.25, -0.2) is 4.79 Å². The Hall–Kier alpha value is -2.41. The van der Waals surface area contributed by atoms with E-state index in [0.29, 0.717) is 5.56 Å². The second kappa shape index (κ2) is 5.53. The van der Waals surface area contributed by atoms with E-state index in [2.05, 4.69) is 4.98 Å². The Morgan fingerprint density at radius 3 is 2.90 bits per heavy atom. The summed E-state index contributed by atoms with van der Waals surface area (Å²) in [5, 5.41) is 9.66. The molecule has 0 saturated heterocycles. The number of fused-ring (bicyclic) bond motifs is 2. The molecule has 1 heterocycles. The van der Waals surface area contributed by atoms with Crippen molar-refractivity contribution in [2.45, 2.75) is 38.7 Å². The summed E-state index contributed by atoms with van der Waals surface area (Å²) in [6.07, 6.45) is 3.15. The van der Waals surface area contributed by atoms with Gasteiger partial charge in [0.05, 0.1) is 11.1 Å². The fourth-order valence-corrected chi connectivity index (χ4v) is 2.85. The number of hydrogen-bond donors (Lipinski definition) is 0. The summed E-state index contributed by atoms with van der Waals surface area (Å²) in [6, 6.07) is 9.55. The highest BCUT2D eigenvalue weighted by atomic mass is 16.5. The molecule has 1 aliphatic carbocycles. The minimum absolute atomic E-state index is 0.416. The lowest BCUT2D eigenvalue weighted by molar-refractivity contribution is 0.0436. The van der Waals surface area contributed by atoms with E-state index in [-0.39, 0.29) is 0 Å². The zero-order valence-electron chi connectivity index (χ0n) is 11.9. The Bertz CT molecular complexity index is 746. The van der Waals surface area contributed by atoms with Crippen LogP contribution in [0.15, 0.2) is 24.3 Å². The summed E-state index contributed by atoms with van der Waals surface area (Å²) < 4.78 is 5.23. The van der Waals surface area contributed by atoms with Crippen LogP contribution in [0.4, 0.5) is 0 Å². The van der Waals surface area contributed by atoms with Crippen molar-refractivity contribution in [2.75, 3.05) is 0 Å². The Morgan fingerprint density at radius 2 is 2.10 bits per heavy atom. The number of benzene rings is 1. The highest BCUT2D eigenvalue weighted by Crippen LogP contribution is 2.29. The molecule has 0 aliphatic heterocycles. The second-order valence-electron chi connectivity index (χ2n) is 5.31. The van der Waals surface area contributed by atoms with E-state index < -0.39 is 12.1 Å². The summed E-state index contributed by atoms with van der Waals surface area (Å²) in [4.78, 5) is 17.2. The smallest absolute Gasteiger partial charge is 0.340 e. The van der Waals surface area contributed by atoms with Gasteiger partial charge in [-0.15, -0.1) is 0 Å². The number of ether oxygens (including phenoxy) is 1. The molecule has 3 rings (SSSR count). The quantitative estimate of drug-likeness (QED) is 0.792. The molecule has 106 valence electrons. The monoisotopic (exact) mass is 280 g/mol. The summed E-state index contributed by atoms with van der Waals surface area (Å²) >= 11 is 0. The molecule has 0 fully saturated rings. The Kier molecular flexibility index (Phi) is 3.57. The van der Waals surface area contributed by atoms with Crippen molar-refractivity contribution in [1.82, 2.24) is 4.98 Å². The van der Waals surface area contributed by atoms with E-state index in [4.69, 9.17) is 10.00 Å². The number of nitrogens with zero attached hydrogens (tertiary/aromatic N) is 2. The van der Waals surface area contributed by atoms with Gasteiger partial charge < -0.3 is 4.74 Å². The van der Waals surface area contributed by atoms with Gasteiger partial charge in [-0.2, -0.15) is 5.26 Å². The van der Waals surface area contributed by atoms with Crippen molar-refractivity contribution in [3.8, 4) is 6.07 Å². The van der Waals surface area contributed by atoms with Crippen LogP contribution in [0.25, 0.3) is 10.9 Å². The van der Waals surface area contributed by atoms with Crippen LogP contribution in [0.3, 0.4) is 0 Å². The van der Waals surface area contributed by atoms with E-state index in [9.17, 15) is 4.79 Å². The molecule has 0 spiro atoms. The lowest BCUT2D eigenvalue weighted by atomic mass is 9.90. The predicted octanol–water partition coefficient (Wildman–Crippen LogP) is 3.18. The van der Waals surface area contributed by atoms with Gasteiger partial charge in [0.2, 0.25) is 0 Å². The first kappa shape index (κ1) is 13.6. The molecule has 0 bridgehead atoms. The molecular formula is C17H16N2O2. The van der Waals surface area contributed by atoms with Gasteiger partial charge in [-0.3, -0.25) is 4.98 Å². The number of hydrogen-bond acceptors (Lipinski definition) is 4. The molecule has 1 aromatic heterocycles. The second-order valence-corrected chi connectivity index (χ2v) is 5.31. The number of nitriles is 1. The van der Waals surface area contributed by atoms with Crippen molar-refractivity contribution in [3.05, 3.63) is 41.1 Å². The fraction of sp³-hybridized carbons (Fsp3) is 0.353. The average molecular weight is 280 g/mol. The molecule has 0 saturated carbocycles. The Balaban J connectivity index is 2.18. The predicted molar refractivity (Wildman–Crippen MR) is 78.9 cm³/mol. The summed E-state index contributed by atoms with van der Waals surface area (Å²) in [5.41, 5.74) is 3.40. The standard InChI is InChI=1S/C17H16N2O2/c1-11(10-18)21-17(20)16-12-6-2-4-8-14(12)19-15-9-5-3-7-13(15)16/h2,4,6,8,11H,3,5,7,9H2,1H3/t11-/m0/s1. The minimum Gasteiger partial charge on any atom is -0.444 e. The minimum atomic E-state index is -0.747. The van der Waals surface area contributed by atoms with E-state index in [1.807, 2.05) is 30.3 Å². The summed E-state index contributed by atoms with van der Waals surface area (Å²) in [6.45, 7) is 1.58. The summed E-state index contributed by atoms with van der Waals surface area (Å²) in [5.74, 6) is -0.416. The largest absolute Gasteiger partial charge is 0.444 e. The average Bonchev–Trinajstić information content (AvgIpc) is 2.52. The van der Waals surface area contributed by atoms with E-state index in [1.54, 1.807) is 6.92 Å². The maximum Gasteiger partial charge on any atom is 0.340 e. The number of aromatic nitrogens is 1. The van der Waals surface area contributed by atoms with Crippen molar-refractivity contribution >= 4 is 16.9 Å².